The van der Waals surface area contributed by atoms with Crippen molar-refractivity contribution in [3.8, 4) is 0 Å². The van der Waals surface area contributed by atoms with Gasteiger partial charge in [0.2, 0.25) is 0 Å². The van der Waals surface area contributed by atoms with Gasteiger partial charge in [0.15, 0.2) is 0 Å². The third-order valence-electron chi connectivity index (χ3n) is 5.69. The molecule has 26 heavy (non-hydrogen) atoms. The molecule has 0 saturated carbocycles. The zero-order valence-electron chi connectivity index (χ0n) is 18.0. The van der Waals surface area contributed by atoms with Crippen LogP contribution in [0, 0.1) is 0 Å². The fourth-order valence-corrected chi connectivity index (χ4v) is 4.00. The van der Waals surface area contributed by atoms with Gasteiger partial charge < -0.3 is 0 Å². The number of aryl methyl sites for hydroxylation is 2. The molecule has 0 amide bonds. The fourth-order valence-electron chi connectivity index (χ4n) is 4.00. The Labute approximate surface area is 165 Å². The van der Waals surface area contributed by atoms with Gasteiger partial charge in [-0.05, 0) is 30.4 Å². The molecule has 0 nitrogen and oxygen atoms in total. The van der Waals surface area contributed by atoms with Crippen LogP contribution in [0.2, 0.25) is 0 Å². The maximum Gasteiger partial charge on any atom is -0.0276 e. The Morgan fingerprint density at radius 3 is 1.23 bits per heavy atom. The first-order chi connectivity index (χ1) is 12.9. The van der Waals surface area contributed by atoms with Crippen molar-refractivity contribution >= 4 is 0 Å². The van der Waals surface area contributed by atoms with Crippen molar-refractivity contribution in [3.63, 3.8) is 0 Å². The first kappa shape index (κ1) is 23.3. The zero-order valence-corrected chi connectivity index (χ0v) is 18.0. The zero-order chi connectivity index (χ0) is 18.7. The van der Waals surface area contributed by atoms with E-state index >= 15 is 0 Å². The minimum Gasteiger partial charge on any atom is -0.0654 e. The summed E-state index contributed by atoms with van der Waals surface area (Å²) < 4.78 is 0. The molecule has 0 bridgehead atoms. The summed E-state index contributed by atoms with van der Waals surface area (Å²) in [6.07, 6.45) is 25.5. The van der Waals surface area contributed by atoms with Crippen LogP contribution in [0.3, 0.4) is 0 Å². The second kappa shape index (κ2) is 17.6. The molecule has 0 fully saturated rings. The van der Waals surface area contributed by atoms with Gasteiger partial charge in [0.05, 0.1) is 0 Å². The molecule has 0 spiro atoms. The van der Waals surface area contributed by atoms with Crippen LogP contribution >= 0.6 is 0 Å². The quantitative estimate of drug-likeness (QED) is 0.229. The van der Waals surface area contributed by atoms with E-state index in [1.807, 2.05) is 0 Å². The largest absolute Gasteiger partial charge is 0.0654 e. The third kappa shape index (κ3) is 12.6. The van der Waals surface area contributed by atoms with Crippen molar-refractivity contribution in [2.75, 3.05) is 0 Å². The smallest absolute Gasteiger partial charge is 0.0276 e. The van der Waals surface area contributed by atoms with Gasteiger partial charge >= 0.3 is 0 Å². The summed E-state index contributed by atoms with van der Waals surface area (Å²) in [5, 5.41) is 0. The van der Waals surface area contributed by atoms with E-state index < -0.39 is 0 Å². The highest BCUT2D eigenvalue weighted by Crippen LogP contribution is 2.16. The lowest BCUT2D eigenvalue weighted by molar-refractivity contribution is 0.532. The van der Waals surface area contributed by atoms with Crippen LogP contribution < -0.4 is 0 Å². The SMILES string of the molecule is CCCCCCCCCCCCCCCCCc1ccccc1CCC. The summed E-state index contributed by atoms with van der Waals surface area (Å²) in [6, 6.07) is 9.07. The van der Waals surface area contributed by atoms with Crippen LogP contribution in [-0.4, -0.2) is 0 Å². The monoisotopic (exact) mass is 358 g/mol. The summed E-state index contributed by atoms with van der Waals surface area (Å²) in [4.78, 5) is 0. The van der Waals surface area contributed by atoms with E-state index in [0.717, 1.165) is 0 Å². The molecule has 150 valence electrons. The summed E-state index contributed by atoms with van der Waals surface area (Å²) in [6.45, 7) is 4.58. The van der Waals surface area contributed by atoms with Crippen LogP contribution in [-0.2, 0) is 12.8 Å². The van der Waals surface area contributed by atoms with E-state index in [-0.39, 0.29) is 0 Å². The van der Waals surface area contributed by atoms with E-state index in [2.05, 4.69) is 38.1 Å². The molecule has 0 heteroatoms. The van der Waals surface area contributed by atoms with Gasteiger partial charge in [0, 0.05) is 0 Å². The predicted molar refractivity (Wildman–Crippen MR) is 119 cm³/mol. The van der Waals surface area contributed by atoms with Crippen molar-refractivity contribution in [2.45, 2.75) is 129 Å². The number of unbranched alkanes of at least 4 members (excludes halogenated alkanes) is 14. The molecule has 0 N–H and O–H groups in total. The van der Waals surface area contributed by atoms with Crippen LogP contribution in [0.25, 0.3) is 0 Å². The molecule has 0 aliphatic rings. The van der Waals surface area contributed by atoms with Gasteiger partial charge in [-0.2, -0.15) is 0 Å². The van der Waals surface area contributed by atoms with Crippen molar-refractivity contribution in [1.29, 1.82) is 0 Å². The van der Waals surface area contributed by atoms with Crippen molar-refractivity contribution in [3.05, 3.63) is 35.4 Å². The van der Waals surface area contributed by atoms with E-state index in [1.54, 1.807) is 11.1 Å². The molecular weight excluding hydrogens is 312 g/mol. The Kier molecular flexibility index (Phi) is 15.8. The lowest BCUT2D eigenvalue weighted by atomic mass is 9.98. The maximum absolute atomic E-state index is 2.34. The second-order valence-electron chi connectivity index (χ2n) is 8.22. The minimum absolute atomic E-state index is 1.24. The first-order valence-corrected chi connectivity index (χ1v) is 11.9. The van der Waals surface area contributed by atoms with E-state index in [4.69, 9.17) is 0 Å². The van der Waals surface area contributed by atoms with E-state index in [1.165, 1.54) is 116 Å². The molecule has 1 aromatic carbocycles. The van der Waals surface area contributed by atoms with Crippen molar-refractivity contribution in [2.24, 2.45) is 0 Å². The van der Waals surface area contributed by atoms with E-state index in [0.29, 0.717) is 0 Å². The van der Waals surface area contributed by atoms with Gasteiger partial charge in [-0.3, -0.25) is 0 Å². The molecule has 0 heterocycles. The molecule has 0 atom stereocenters. The van der Waals surface area contributed by atoms with Gasteiger partial charge in [0.1, 0.15) is 0 Å². The van der Waals surface area contributed by atoms with Gasteiger partial charge in [-0.25, -0.2) is 0 Å². The Morgan fingerprint density at radius 2 is 0.808 bits per heavy atom. The molecule has 0 radical (unpaired) electrons. The Morgan fingerprint density at radius 1 is 0.423 bits per heavy atom. The lowest BCUT2D eigenvalue weighted by Crippen LogP contribution is -1.94. The lowest BCUT2D eigenvalue weighted by Gasteiger charge is -2.08. The van der Waals surface area contributed by atoms with Crippen molar-refractivity contribution < 1.29 is 0 Å². The summed E-state index contributed by atoms with van der Waals surface area (Å²) >= 11 is 0. The highest BCUT2D eigenvalue weighted by Gasteiger charge is 2.01. The summed E-state index contributed by atoms with van der Waals surface area (Å²) in [7, 11) is 0. The van der Waals surface area contributed by atoms with E-state index in [9.17, 15) is 0 Å². The van der Waals surface area contributed by atoms with Crippen LogP contribution in [0.1, 0.15) is 128 Å². The first-order valence-electron chi connectivity index (χ1n) is 11.9. The Balaban J connectivity index is 1.85. The topological polar surface area (TPSA) is 0 Å². The average molecular weight is 359 g/mol. The molecular formula is C26H46. The third-order valence-corrected chi connectivity index (χ3v) is 5.69. The van der Waals surface area contributed by atoms with Gasteiger partial charge in [-0.15, -0.1) is 0 Å². The highest BCUT2D eigenvalue weighted by molar-refractivity contribution is 5.27. The minimum atomic E-state index is 1.24. The molecule has 1 rings (SSSR count). The van der Waals surface area contributed by atoms with Gasteiger partial charge in [0.25, 0.3) is 0 Å². The fraction of sp³-hybridized carbons (Fsp3) is 0.769. The Hall–Kier alpha value is -0.780. The van der Waals surface area contributed by atoms with Crippen LogP contribution in [0.15, 0.2) is 24.3 Å². The average Bonchev–Trinajstić information content (AvgIpc) is 2.66. The van der Waals surface area contributed by atoms with Gasteiger partial charge in [-0.1, -0.05) is 134 Å². The number of benzene rings is 1. The van der Waals surface area contributed by atoms with Crippen LogP contribution in [0.5, 0.6) is 0 Å². The Bertz CT molecular complexity index is 406. The van der Waals surface area contributed by atoms with Crippen LogP contribution in [0.4, 0.5) is 0 Å². The number of rotatable bonds is 18. The summed E-state index contributed by atoms with van der Waals surface area (Å²) in [5.41, 5.74) is 3.18. The number of hydrogen-bond donors (Lipinski definition) is 0. The maximum atomic E-state index is 2.34. The normalized spacial score (nSPS) is 11.2. The molecule has 0 aliphatic heterocycles. The van der Waals surface area contributed by atoms with Crippen molar-refractivity contribution in [1.82, 2.24) is 0 Å². The molecule has 1 aromatic rings. The standard InChI is InChI=1S/C26H46/c1-3-5-6-7-8-9-10-11-12-13-14-15-16-17-18-22-26-24-20-19-23-25(26)21-4-2/h19-20,23-24H,3-18,21-22H2,1-2H3. The molecule has 0 aromatic heterocycles. The molecule has 0 unspecified atom stereocenters. The molecule has 0 aliphatic carbocycles. The summed E-state index contributed by atoms with van der Waals surface area (Å²) in [5.74, 6) is 0. The number of hydrogen-bond acceptors (Lipinski definition) is 0. The second-order valence-corrected chi connectivity index (χ2v) is 8.22. The predicted octanol–water partition coefficient (Wildman–Crippen LogP) is 9.05. The molecule has 0 saturated heterocycles. The highest BCUT2D eigenvalue weighted by atomic mass is 14.1.